The molecule has 0 atom stereocenters. The van der Waals surface area contributed by atoms with E-state index >= 15 is 0 Å². The quantitative estimate of drug-likeness (QED) is 0.580. The SMILES string of the molecule is [C-]#[N+]C([N+]#[C-])=c1cc/c(=C(\C)C#N)s1. The number of hydrogen-bond donors (Lipinski definition) is 0. The highest BCUT2D eigenvalue weighted by molar-refractivity contribution is 7.07. The standard InChI is InChI=1S/C10H5N3S/c1-7(6-11)8-4-5-9(14-8)10(12-2)13-3/h4-5H,1H3/b8-7-. The average Bonchev–Trinajstić information content (AvgIpc) is 2.68. The second-order valence-corrected chi connectivity index (χ2v) is 3.53. The maximum absolute atomic E-state index is 8.64. The van der Waals surface area contributed by atoms with Crippen molar-refractivity contribution in [2.75, 3.05) is 0 Å². The van der Waals surface area contributed by atoms with Crippen LogP contribution < -0.4 is 9.06 Å². The molecule has 0 spiro atoms. The molecule has 0 radical (unpaired) electrons. The Morgan fingerprint density at radius 1 is 1.36 bits per heavy atom. The van der Waals surface area contributed by atoms with Gasteiger partial charge in [0.05, 0.1) is 6.07 Å². The maximum Gasteiger partial charge on any atom is 0.536 e. The van der Waals surface area contributed by atoms with Crippen LogP contribution >= 0.6 is 11.3 Å². The van der Waals surface area contributed by atoms with Crippen LogP contribution in [0.15, 0.2) is 12.1 Å². The zero-order chi connectivity index (χ0) is 10.6. The van der Waals surface area contributed by atoms with Crippen molar-refractivity contribution in [3.63, 3.8) is 0 Å². The molecule has 0 aliphatic rings. The second kappa shape index (κ2) is 4.23. The summed E-state index contributed by atoms with van der Waals surface area (Å²) in [5.74, 6) is 0.0620. The smallest absolute Gasteiger partial charge is 0.193 e. The van der Waals surface area contributed by atoms with Gasteiger partial charge in [-0.3, -0.25) is 0 Å². The van der Waals surface area contributed by atoms with E-state index in [0.717, 1.165) is 4.53 Å². The van der Waals surface area contributed by atoms with Crippen molar-refractivity contribution in [1.82, 2.24) is 0 Å². The van der Waals surface area contributed by atoms with Gasteiger partial charge in [0, 0.05) is 10.1 Å². The minimum absolute atomic E-state index is 0.0620. The van der Waals surface area contributed by atoms with E-state index in [4.69, 9.17) is 18.4 Å². The van der Waals surface area contributed by atoms with Crippen molar-refractivity contribution in [2.45, 2.75) is 6.92 Å². The monoisotopic (exact) mass is 199 g/mol. The Labute approximate surface area is 85.5 Å². The Balaban J connectivity index is 3.59. The lowest BCUT2D eigenvalue weighted by molar-refractivity contribution is 1.52. The lowest BCUT2D eigenvalue weighted by Crippen LogP contribution is -1.96. The molecule has 3 nitrogen and oxygen atoms in total. The summed E-state index contributed by atoms with van der Waals surface area (Å²) in [6.45, 7) is 15.2. The van der Waals surface area contributed by atoms with Crippen molar-refractivity contribution in [2.24, 2.45) is 0 Å². The molecular weight excluding hydrogens is 194 g/mol. The number of hydrogen-bond acceptors (Lipinski definition) is 2. The first-order valence-corrected chi connectivity index (χ1v) is 4.50. The van der Waals surface area contributed by atoms with Gasteiger partial charge >= 0.3 is 5.82 Å². The molecule has 1 aromatic rings. The molecule has 0 aliphatic carbocycles. The van der Waals surface area contributed by atoms with Crippen LogP contribution in [-0.4, -0.2) is 0 Å². The summed E-state index contributed by atoms with van der Waals surface area (Å²) >= 11 is 1.30. The first kappa shape index (κ1) is 9.99. The van der Waals surface area contributed by atoms with Gasteiger partial charge in [-0.2, -0.15) is 15.0 Å². The number of nitriles is 1. The van der Waals surface area contributed by atoms with Gasteiger partial charge in [-0.1, -0.05) is 0 Å². The van der Waals surface area contributed by atoms with Gasteiger partial charge in [0.25, 0.3) is 0 Å². The van der Waals surface area contributed by atoms with E-state index in [0.29, 0.717) is 10.1 Å². The molecule has 0 aromatic carbocycles. The van der Waals surface area contributed by atoms with E-state index < -0.39 is 0 Å². The molecule has 14 heavy (non-hydrogen) atoms. The van der Waals surface area contributed by atoms with Crippen LogP contribution in [0.25, 0.3) is 21.1 Å². The van der Waals surface area contributed by atoms with Gasteiger partial charge in [0.15, 0.2) is 0 Å². The zero-order valence-corrected chi connectivity index (χ0v) is 8.22. The number of nitrogens with zero attached hydrogens (tertiary/aromatic N) is 3. The highest BCUT2D eigenvalue weighted by atomic mass is 32.1. The number of rotatable bonds is 0. The molecule has 0 aliphatic heterocycles. The third-order valence-corrected chi connectivity index (χ3v) is 2.78. The highest BCUT2D eigenvalue weighted by Crippen LogP contribution is 1.98. The minimum Gasteiger partial charge on any atom is -0.193 e. The van der Waals surface area contributed by atoms with E-state index in [1.165, 1.54) is 11.3 Å². The van der Waals surface area contributed by atoms with E-state index in [9.17, 15) is 0 Å². The van der Waals surface area contributed by atoms with Gasteiger partial charge in [-0.05, 0) is 19.1 Å². The van der Waals surface area contributed by atoms with E-state index in [2.05, 4.69) is 9.69 Å². The Kier molecular flexibility index (Phi) is 3.02. The van der Waals surface area contributed by atoms with E-state index in [1.54, 1.807) is 19.1 Å². The largest absolute Gasteiger partial charge is 0.536 e. The molecule has 0 saturated carbocycles. The molecule has 1 heterocycles. The lowest BCUT2D eigenvalue weighted by atomic mass is 10.3. The Bertz CT molecular complexity index is 571. The van der Waals surface area contributed by atoms with Gasteiger partial charge in [-0.15, -0.1) is 11.3 Å². The summed E-state index contributed by atoms with van der Waals surface area (Å²) in [4.78, 5) is 6.21. The fourth-order valence-electron chi connectivity index (χ4n) is 0.850. The molecule has 0 bridgehead atoms. The predicted octanol–water partition coefficient (Wildman–Crippen LogP) is 1.35. The molecule has 0 unspecified atom stereocenters. The van der Waals surface area contributed by atoms with E-state index in [-0.39, 0.29) is 5.82 Å². The molecule has 0 saturated heterocycles. The summed E-state index contributed by atoms with van der Waals surface area (Å²) in [6.07, 6.45) is 0. The van der Waals surface area contributed by atoms with Crippen LogP contribution in [0.4, 0.5) is 0 Å². The second-order valence-electron chi connectivity index (χ2n) is 2.45. The predicted molar refractivity (Wildman–Crippen MR) is 54.9 cm³/mol. The Morgan fingerprint density at radius 3 is 2.43 bits per heavy atom. The molecule has 1 rings (SSSR count). The van der Waals surface area contributed by atoms with Gasteiger partial charge in [0.2, 0.25) is 0 Å². The Morgan fingerprint density at radius 2 is 1.93 bits per heavy atom. The molecule has 0 fully saturated rings. The maximum atomic E-state index is 8.64. The summed E-state index contributed by atoms with van der Waals surface area (Å²) in [5.41, 5.74) is 0.607. The number of thiophene rings is 1. The van der Waals surface area contributed by atoms with Gasteiger partial charge in [0.1, 0.15) is 17.7 Å². The molecule has 1 aromatic heterocycles. The van der Waals surface area contributed by atoms with Crippen molar-refractivity contribution in [3.05, 3.63) is 44.0 Å². The topological polar surface area (TPSA) is 32.5 Å². The Hall–Kier alpha value is -2.09. The average molecular weight is 199 g/mol. The summed E-state index contributed by atoms with van der Waals surface area (Å²) in [6, 6.07) is 5.49. The summed E-state index contributed by atoms with van der Waals surface area (Å²) in [7, 11) is 0. The van der Waals surface area contributed by atoms with Crippen LogP contribution in [0.3, 0.4) is 0 Å². The van der Waals surface area contributed by atoms with Crippen molar-refractivity contribution >= 4 is 22.7 Å². The summed E-state index contributed by atoms with van der Waals surface area (Å²) in [5, 5.41) is 8.64. The third-order valence-electron chi connectivity index (χ3n) is 1.58. The molecule has 0 amide bonds. The fourth-order valence-corrected chi connectivity index (χ4v) is 1.74. The molecule has 66 valence electrons. The normalized spacial score (nSPS) is 10.7. The van der Waals surface area contributed by atoms with Crippen molar-refractivity contribution in [3.8, 4) is 6.07 Å². The van der Waals surface area contributed by atoms with Crippen LogP contribution in [0.1, 0.15) is 6.92 Å². The highest BCUT2D eigenvalue weighted by Gasteiger charge is 2.05. The third kappa shape index (κ3) is 1.80. The molecule has 0 N–H and O–H groups in total. The molecular formula is C10H5N3S. The van der Waals surface area contributed by atoms with Crippen molar-refractivity contribution < 1.29 is 0 Å². The van der Waals surface area contributed by atoms with Crippen LogP contribution in [-0.2, 0) is 0 Å². The van der Waals surface area contributed by atoms with Crippen LogP contribution in [0.5, 0.6) is 0 Å². The lowest BCUT2D eigenvalue weighted by Gasteiger charge is -1.76. The van der Waals surface area contributed by atoms with Crippen LogP contribution in [0, 0.1) is 24.5 Å². The zero-order valence-electron chi connectivity index (χ0n) is 7.40. The van der Waals surface area contributed by atoms with Gasteiger partial charge < -0.3 is 0 Å². The fraction of sp³-hybridized carbons (Fsp3) is 0.100. The van der Waals surface area contributed by atoms with Crippen molar-refractivity contribution in [1.29, 1.82) is 5.26 Å². The summed E-state index contributed by atoms with van der Waals surface area (Å²) < 4.78 is 1.44. The minimum atomic E-state index is 0.0620. The van der Waals surface area contributed by atoms with Gasteiger partial charge in [-0.25, -0.2) is 0 Å². The first-order valence-electron chi connectivity index (χ1n) is 3.69. The van der Waals surface area contributed by atoms with E-state index in [1.807, 2.05) is 6.07 Å². The van der Waals surface area contributed by atoms with Crippen LogP contribution in [0.2, 0.25) is 0 Å². The molecule has 4 heteroatoms. The first-order chi connectivity index (χ1) is 6.72.